The Morgan fingerprint density at radius 1 is 0.383 bits per heavy atom. The molecule has 2 heterocycles. The van der Waals surface area contributed by atoms with Crippen LogP contribution in [0, 0.1) is 0 Å². The van der Waals surface area contributed by atoms with Crippen molar-refractivity contribution in [2.75, 3.05) is 4.90 Å². The molecule has 0 aliphatic rings. The zero-order valence-electron chi connectivity index (χ0n) is 25.4. The summed E-state index contributed by atoms with van der Waals surface area (Å²) in [5.74, 6) is 0. The fourth-order valence-corrected chi connectivity index (χ4v) is 7.33. The topological polar surface area (TPSA) is 29.5 Å². The Morgan fingerprint density at radius 3 is 1.94 bits per heavy atom. The molecular formula is C44H27NO2. The minimum atomic E-state index is 0.859. The van der Waals surface area contributed by atoms with E-state index >= 15 is 0 Å². The fraction of sp³-hybridized carbons (Fsp3) is 0. The quantitative estimate of drug-likeness (QED) is 0.188. The van der Waals surface area contributed by atoms with E-state index in [9.17, 15) is 0 Å². The Hall–Kier alpha value is -6.32. The van der Waals surface area contributed by atoms with Crippen LogP contribution in [0.4, 0.5) is 17.1 Å². The summed E-state index contributed by atoms with van der Waals surface area (Å²) in [5.41, 5.74) is 8.94. The second-order valence-electron chi connectivity index (χ2n) is 12.1. The molecule has 8 aromatic carbocycles. The van der Waals surface area contributed by atoms with Crippen molar-refractivity contribution in [1.29, 1.82) is 0 Å². The third-order valence-electron chi connectivity index (χ3n) is 9.44. The van der Waals surface area contributed by atoms with E-state index in [1.54, 1.807) is 0 Å². The second-order valence-corrected chi connectivity index (χ2v) is 12.1. The van der Waals surface area contributed by atoms with Crippen LogP contribution in [-0.2, 0) is 0 Å². The van der Waals surface area contributed by atoms with Gasteiger partial charge < -0.3 is 13.7 Å². The summed E-state index contributed by atoms with van der Waals surface area (Å²) >= 11 is 0. The molecule has 0 saturated carbocycles. The highest BCUT2D eigenvalue weighted by Crippen LogP contribution is 2.47. The smallest absolute Gasteiger partial charge is 0.159 e. The van der Waals surface area contributed by atoms with Crippen LogP contribution in [0.25, 0.3) is 76.5 Å². The van der Waals surface area contributed by atoms with Gasteiger partial charge >= 0.3 is 0 Å². The van der Waals surface area contributed by atoms with Crippen LogP contribution in [0.15, 0.2) is 173 Å². The average Bonchev–Trinajstić information content (AvgIpc) is 3.71. The average molecular weight is 602 g/mol. The molecule has 10 rings (SSSR count). The lowest BCUT2D eigenvalue weighted by Crippen LogP contribution is -2.11. The van der Waals surface area contributed by atoms with E-state index < -0.39 is 0 Å². The van der Waals surface area contributed by atoms with E-state index in [0.717, 1.165) is 72.1 Å². The zero-order chi connectivity index (χ0) is 30.9. The summed E-state index contributed by atoms with van der Waals surface area (Å²) in [6.45, 7) is 0. The Labute approximate surface area is 270 Å². The lowest BCUT2D eigenvalue weighted by atomic mass is 9.96. The molecule has 0 aliphatic carbocycles. The molecule has 0 atom stereocenters. The Balaban J connectivity index is 1.32. The first-order valence-corrected chi connectivity index (χ1v) is 15.9. The lowest BCUT2D eigenvalue weighted by Gasteiger charge is -2.28. The largest absolute Gasteiger partial charge is 0.456 e. The zero-order valence-corrected chi connectivity index (χ0v) is 25.4. The molecule has 0 fully saturated rings. The highest BCUT2D eigenvalue weighted by molar-refractivity contribution is 6.27. The summed E-state index contributed by atoms with van der Waals surface area (Å²) in [7, 11) is 0. The lowest BCUT2D eigenvalue weighted by molar-refractivity contribution is 0.669. The molecule has 3 heteroatoms. The van der Waals surface area contributed by atoms with E-state index in [0.29, 0.717) is 0 Å². The van der Waals surface area contributed by atoms with Gasteiger partial charge in [-0.1, -0.05) is 121 Å². The number of nitrogens with zero attached hydrogens (tertiary/aromatic N) is 1. The molecule has 2 aromatic heterocycles. The van der Waals surface area contributed by atoms with Gasteiger partial charge in [-0.05, 0) is 64.2 Å². The highest BCUT2D eigenvalue weighted by atomic mass is 16.3. The van der Waals surface area contributed by atoms with Gasteiger partial charge in [-0.15, -0.1) is 0 Å². The SMILES string of the molecule is c1ccc(-c2ccccc2N(c2ccc3ccc4ccc5oc6ccccc6c5c4c3c2)c2cccc3c2oc2ccccc23)cc1. The van der Waals surface area contributed by atoms with Crippen LogP contribution in [-0.4, -0.2) is 0 Å². The number of hydrogen-bond acceptors (Lipinski definition) is 3. The van der Waals surface area contributed by atoms with E-state index in [1.807, 2.05) is 24.3 Å². The van der Waals surface area contributed by atoms with Crippen LogP contribution in [0.2, 0.25) is 0 Å². The summed E-state index contributed by atoms with van der Waals surface area (Å²) in [6.07, 6.45) is 0. The second kappa shape index (κ2) is 10.1. The van der Waals surface area contributed by atoms with Crippen molar-refractivity contribution in [3.63, 3.8) is 0 Å². The van der Waals surface area contributed by atoms with Gasteiger partial charge in [-0.2, -0.15) is 0 Å². The molecule has 10 aromatic rings. The van der Waals surface area contributed by atoms with Gasteiger partial charge in [0, 0.05) is 38.2 Å². The molecule has 3 nitrogen and oxygen atoms in total. The van der Waals surface area contributed by atoms with Crippen LogP contribution in [0.1, 0.15) is 0 Å². The third-order valence-corrected chi connectivity index (χ3v) is 9.44. The third kappa shape index (κ3) is 3.93. The van der Waals surface area contributed by atoms with Gasteiger partial charge in [0.05, 0.1) is 11.4 Å². The van der Waals surface area contributed by atoms with Gasteiger partial charge in [0.15, 0.2) is 5.58 Å². The minimum Gasteiger partial charge on any atom is -0.456 e. The normalized spacial score (nSPS) is 11.8. The van der Waals surface area contributed by atoms with Crippen LogP contribution in [0.3, 0.4) is 0 Å². The maximum Gasteiger partial charge on any atom is 0.159 e. The van der Waals surface area contributed by atoms with Crippen molar-refractivity contribution < 1.29 is 8.83 Å². The number of rotatable bonds is 4. The summed E-state index contributed by atoms with van der Waals surface area (Å²) in [6, 6.07) is 57.8. The van der Waals surface area contributed by atoms with Gasteiger partial charge in [-0.3, -0.25) is 0 Å². The number of para-hydroxylation sites is 4. The molecule has 0 saturated heterocycles. The van der Waals surface area contributed by atoms with Crippen molar-refractivity contribution >= 4 is 82.5 Å². The van der Waals surface area contributed by atoms with Crippen LogP contribution < -0.4 is 4.90 Å². The highest BCUT2D eigenvalue weighted by Gasteiger charge is 2.23. The standard InChI is InChI=1S/C44H27NO2/c1-2-11-28(12-3-1)32-13-4-7-17-37(32)45(38-18-10-16-34-33-14-5-8-19-39(33)47-44(34)38)31-25-23-29-21-22-30-24-26-41-43(42(30)36(29)27-31)35-15-6-9-20-40(35)46-41/h1-27H. The number of anilines is 3. The van der Waals surface area contributed by atoms with Gasteiger partial charge in [0.2, 0.25) is 0 Å². The molecule has 47 heavy (non-hydrogen) atoms. The number of hydrogen-bond donors (Lipinski definition) is 0. The first kappa shape index (κ1) is 26.0. The number of fused-ring (bicyclic) bond motifs is 10. The van der Waals surface area contributed by atoms with Crippen LogP contribution >= 0.6 is 0 Å². The van der Waals surface area contributed by atoms with E-state index in [1.165, 1.54) is 21.5 Å². The Bertz CT molecular complexity index is 2810. The molecular weight excluding hydrogens is 574 g/mol. The number of furan rings is 2. The van der Waals surface area contributed by atoms with Gasteiger partial charge in [0.25, 0.3) is 0 Å². The molecule has 0 spiro atoms. The van der Waals surface area contributed by atoms with Crippen LogP contribution in [0.5, 0.6) is 0 Å². The Kier molecular flexibility index (Phi) is 5.57. The maximum absolute atomic E-state index is 6.65. The number of benzene rings is 8. The van der Waals surface area contributed by atoms with E-state index in [-0.39, 0.29) is 0 Å². The van der Waals surface area contributed by atoms with Crippen molar-refractivity contribution in [3.05, 3.63) is 164 Å². The summed E-state index contributed by atoms with van der Waals surface area (Å²) < 4.78 is 13.0. The molecule has 0 aliphatic heterocycles. The monoisotopic (exact) mass is 601 g/mol. The van der Waals surface area contributed by atoms with Crippen molar-refractivity contribution in [3.8, 4) is 11.1 Å². The molecule has 0 N–H and O–H groups in total. The summed E-state index contributed by atoms with van der Waals surface area (Å²) in [5, 5.41) is 9.22. The minimum absolute atomic E-state index is 0.859. The molecule has 0 radical (unpaired) electrons. The first-order valence-electron chi connectivity index (χ1n) is 15.9. The molecule has 0 amide bonds. The Morgan fingerprint density at radius 2 is 1.04 bits per heavy atom. The predicted octanol–water partition coefficient (Wildman–Crippen LogP) is 12.9. The van der Waals surface area contributed by atoms with Crippen molar-refractivity contribution in [1.82, 2.24) is 0 Å². The first-order chi connectivity index (χ1) is 23.3. The van der Waals surface area contributed by atoms with Gasteiger partial charge in [0.1, 0.15) is 16.7 Å². The fourth-order valence-electron chi connectivity index (χ4n) is 7.33. The van der Waals surface area contributed by atoms with E-state index in [2.05, 4.69) is 144 Å². The van der Waals surface area contributed by atoms with Crippen molar-refractivity contribution in [2.24, 2.45) is 0 Å². The van der Waals surface area contributed by atoms with Gasteiger partial charge in [-0.25, -0.2) is 0 Å². The van der Waals surface area contributed by atoms with Crippen molar-refractivity contribution in [2.45, 2.75) is 0 Å². The predicted molar refractivity (Wildman–Crippen MR) is 196 cm³/mol. The molecule has 0 bridgehead atoms. The maximum atomic E-state index is 6.65. The van der Waals surface area contributed by atoms with E-state index in [4.69, 9.17) is 8.83 Å². The summed E-state index contributed by atoms with van der Waals surface area (Å²) in [4.78, 5) is 2.36. The molecule has 0 unspecified atom stereocenters. The molecule has 220 valence electrons.